The number of hydrogen-bond donors (Lipinski definition) is 2. The van der Waals surface area contributed by atoms with Crippen LogP contribution in [0.3, 0.4) is 0 Å². The van der Waals surface area contributed by atoms with Gasteiger partial charge in [0.2, 0.25) is 6.29 Å². The average Bonchev–Trinajstić information content (AvgIpc) is 3.09. The zero-order valence-electron chi connectivity index (χ0n) is 17.0. The van der Waals surface area contributed by atoms with Crippen LogP contribution in [-0.2, 0) is 16.1 Å². The third-order valence-electron chi connectivity index (χ3n) is 5.34. The van der Waals surface area contributed by atoms with E-state index in [2.05, 4.69) is 10.3 Å². The van der Waals surface area contributed by atoms with E-state index in [0.717, 1.165) is 12.1 Å². The van der Waals surface area contributed by atoms with Gasteiger partial charge in [0.15, 0.2) is 17.1 Å². The Kier molecular flexibility index (Phi) is 6.05. The van der Waals surface area contributed by atoms with Crippen LogP contribution in [0.5, 0.6) is 5.75 Å². The molecule has 0 saturated heterocycles. The number of aromatic nitrogens is 1. The smallest absolute Gasteiger partial charge is 0.288 e. The van der Waals surface area contributed by atoms with Crippen molar-refractivity contribution in [1.82, 2.24) is 14.8 Å². The number of amides is 1. The highest BCUT2D eigenvalue weighted by molar-refractivity contribution is 6.39. The number of phenols is 1. The highest BCUT2D eigenvalue weighted by Gasteiger charge is 2.48. The summed E-state index contributed by atoms with van der Waals surface area (Å²) in [6.45, 7) is -0.461. The van der Waals surface area contributed by atoms with E-state index in [9.17, 15) is 29.2 Å². The first kappa shape index (κ1) is 23.3. The molecule has 1 aromatic heterocycles. The van der Waals surface area contributed by atoms with Crippen molar-refractivity contribution >= 4 is 58.2 Å². The third kappa shape index (κ3) is 3.77. The third-order valence-corrected chi connectivity index (χ3v) is 5.90. The first-order chi connectivity index (χ1) is 16.2. The number of phenolic OH excluding ortho intramolecular Hbond substituents is 1. The van der Waals surface area contributed by atoms with Crippen LogP contribution in [0.1, 0.15) is 11.1 Å². The van der Waals surface area contributed by atoms with Crippen LogP contribution in [0.25, 0.3) is 5.70 Å². The van der Waals surface area contributed by atoms with Crippen molar-refractivity contribution in [3.63, 3.8) is 0 Å². The predicted octanol–water partition coefficient (Wildman–Crippen LogP) is 4.61. The zero-order valence-corrected chi connectivity index (χ0v) is 18.5. The van der Waals surface area contributed by atoms with E-state index in [-0.39, 0.29) is 50.3 Å². The van der Waals surface area contributed by atoms with E-state index in [1.807, 2.05) is 0 Å². The van der Waals surface area contributed by atoms with Gasteiger partial charge in [-0.3, -0.25) is 24.7 Å². The van der Waals surface area contributed by atoms with Crippen LogP contribution in [0.4, 0.5) is 21.5 Å². The van der Waals surface area contributed by atoms with Gasteiger partial charge in [0, 0.05) is 6.07 Å². The molecule has 34 heavy (non-hydrogen) atoms. The van der Waals surface area contributed by atoms with Crippen molar-refractivity contribution in [2.75, 3.05) is 0 Å². The Labute approximate surface area is 201 Å². The highest BCUT2D eigenvalue weighted by Crippen LogP contribution is 2.55. The summed E-state index contributed by atoms with van der Waals surface area (Å²) in [6.07, 6.45) is 3.99. The summed E-state index contributed by atoms with van der Waals surface area (Å²) >= 11 is 12.9. The van der Waals surface area contributed by atoms with Crippen LogP contribution >= 0.6 is 23.2 Å². The van der Waals surface area contributed by atoms with Crippen molar-refractivity contribution in [3.8, 4) is 5.75 Å². The van der Waals surface area contributed by atoms with E-state index in [0.29, 0.717) is 0 Å². The summed E-state index contributed by atoms with van der Waals surface area (Å²) in [6, 6.07) is 7.80. The Bertz CT molecular complexity index is 1380. The van der Waals surface area contributed by atoms with Crippen LogP contribution in [-0.4, -0.2) is 27.2 Å². The maximum Gasteiger partial charge on any atom is 0.288 e. The number of nitro benzene ring substituents is 1. The molecule has 1 aliphatic rings. The summed E-state index contributed by atoms with van der Waals surface area (Å²) in [7, 11) is 0. The normalized spacial score (nSPS) is 16.5. The first-order valence-electron chi connectivity index (χ1n) is 9.60. The van der Waals surface area contributed by atoms with Crippen molar-refractivity contribution in [3.05, 3.63) is 92.1 Å². The molecular weight excluding hydrogens is 490 g/mol. The summed E-state index contributed by atoms with van der Waals surface area (Å²) in [5, 5.41) is 25.0. The van der Waals surface area contributed by atoms with Gasteiger partial charge < -0.3 is 10.4 Å². The van der Waals surface area contributed by atoms with Gasteiger partial charge in [-0.25, -0.2) is 8.87 Å². The molecule has 1 aliphatic heterocycles. The molecule has 0 aliphatic carbocycles. The molecule has 1 atom stereocenters. The molecule has 0 bridgehead atoms. The Morgan fingerprint density at radius 3 is 2.50 bits per heavy atom. The molecule has 2 N–H and O–H groups in total. The maximum atomic E-state index is 15.0. The summed E-state index contributed by atoms with van der Waals surface area (Å²) < 4.78 is 14.4. The van der Waals surface area contributed by atoms with Crippen molar-refractivity contribution in [1.29, 1.82) is 0 Å². The minimum atomic E-state index is -0.982. The fraction of sp³-hybridized carbons (Fsp3) is 0.0455. The number of nitro groups is 1. The number of rotatable bonds is 6. The molecule has 172 valence electrons. The topological polar surface area (TPSA) is 122 Å². The number of para-hydroxylation sites is 1. The molecule has 2 aromatic carbocycles. The number of carbonyl (C=O) groups is 2. The number of benzene rings is 2. The molecule has 2 heterocycles. The molecule has 4 rings (SSSR count). The van der Waals surface area contributed by atoms with E-state index in [4.69, 9.17) is 23.2 Å². The second kappa shape index (κ2) is 8.82. The molecular formula is C22H14Cl2FN4O5+. The second-order valence-electron chi connectivity index (χ2n) is 7.30. The Morgan fingerprint density at radius 1 is 1.18 bits per heavy atom. The first-order valence-corrected chi connectivity index (χ1v) is 10.4. The molecule has 1 unspecified atom stereocenters. The van der Waals surface area contributed by atoms with Gasteiger partial charge in [-0.1, -0.05) is 35.3 Å². The van der Waals surface area contributed by atoms with Gasteiger partial charge in [-0.15, -0.1) is 0 Å². The van der Waals surface area contributed by atoms with Crippen molar-refractivity contribution in [2.24, 2.45) is 0 Å². The van der Waals surface area contributed by atoms with Crippen LogP contribution in [0, 0.1) is 15.9 Å². The van der Waals surface area contributed by atoms with Crippen LogP contribution in [0.2, 0.25) is 10.0 Å². The van der Waals surface area contributed by atoms with Crippen LogP contribution in [0.15, 0.2) is 55.0 Å². The molecule has 0 saturated carbocycles. The largest absolute Gasteiger partial charge is 0.503 e. The Balaban J connectivity index is 2.11. The number of pyridine rings is 1. The SMILES string of the molecule is O=CC(=O)NC1=C[N+](Cc2c(F)cccc2[N+](=O)[O-])(c2c(Cl)cncc2Cl)c2c(O)cccc21. The highest BCUT2D eigenvalue weighted by atomic mass is 35.5. The quantitative estimate of drug-likeness (QED) is 0.166. The summed E-state index contributed by atoms with van der Waals surface area (Å²) in [5.74, 6) is -2.14. The predicted molar refractivity (Wildman–Crippen MR) is 123 cm³/mol. The van der Waals surface area contributed by atoms with E-state index < -0.39 is 33.4 Å². The summed E-state index contributed by atoms with van der Waals surface area (Å²) in [4.78, 5) is 37.8. The Hall–Kier alpha value is -3.86. The van der Waals surface area contributed by atoms with Gasteiger partial charge in [0.05, 0.1) is 22.9 Å². The average molecular weight is 504 g/mol. The zero-order chi connectivity index (χ0) is 24.6. The number of aromatic hydroxyl groups is 1. The van der Waals surface area contributed by atoms with Gasteiger partial charge in [-0.05, 0) is 18.2 Å². The lowest BCUT2D eigenvalue weighted by atomic mass is 10.1. The molecule has 3 aromatic rings. The lowest BCUT2D eigenvalue weighted by Crippen LogP contribution is -2.38. The lowest BCUT2D eigenvalue weighted by Gasteiger charge is -2.33. The van der Waals surface area contributed by atoms with E-state index in [1.165, 1.54) is 36.8 Å². The lowest BCUT2D eigenvalue weighted by molar-refractivity contribution is -0.385. The van der Waals surface area contributed by atoms with Gasteiger partial charge in [-0.2, -0.15) is 0 Å². The van der Waals surface area contributed by atoms with E-state index >= 15 is 0 Å². The maximum absolute atomic E-state index is 15.0. The number of nitrogens with one attached hydrogen (secondary N) is 1. The van der Waals surface area contributed by atoms with Gasteiger partial charge in [0.1, 0.15) is 39.9 Å². The molecule has 9 nitrogen and oxygen atoms in total. The molecule has 0 fully saturated rings. The van der Waals surface area contributed by atoms with Gasteiger partial charge >= 0.3 is 0 Å². The molecule has 12 heteroatoms. The second-order valence-corrected chi connectivity index (χ2v) is 8.11. The molecule has 1 amide bonds. The number of aldehydes is 1. The number of carbonyl (C=O) groups excluding carboxylic acids is 2. The number of halogens is 3. The number of quaternary nitrogens is 1. The Morgan fingerprint density at radius 2 is 1.85 bits per heavy atom. The number of fused-ring (bicyclic) bond motifs is 1. The van der Waals surface area contributed by atoms with E-state index in [1.54, 1.807) is 6.07 Å². The minimum absolute atomic E-state index is 0.0138. The summed E-state index contributed by atoms with van der Waals surface area (Å²) in [5.41, 5.74) is -0.214. The van der Waals surface area contributed by atoms with Gasteiger partial charge in [0.25, 0.3) is 11.6 Å². The standard InChI is InChI=1S/C22H13Cl2FN4O5/c23-14-7-26-8-15(24)22(14)29(9-13-16(25)4-2-5-18(13)28(33)34)10-17(27-20(32)11-30)12-3-1-6-19(31)21(12)29/h1-8,10-11H,9H2,(H-,27,31,32)/p+1. The fourth-order valence-electron chi connectivity index (χ4n) is 4.07. The minimum Gasteiger partial charge on any atom is -0.503 e. The van der Waals surface area contributed by atoms with Crippen molar-refractivity contribution in [2.45, 2.75) is 6.54 Å². The van der Waals surface area contributed by atoms with Crippen LogP contribution < -0.4 is 9.80 Å². The molecule has 0 radical (unpaired) electrons. The number of hydrogen-bond acceptors (Lipinski definition) is 6. The monoisotopic (exact) mass is 503 g/mol. The van der Waals surface area contributed by atoms with Crippen molar-refractivity contribution < 1.29 is 24.0 Å². The number of nitrogens with zero attached hydrogens (tertiary/aromatic N) is 3. The fourth-order valence-corrected chi connectivity index (χ4v) is 4.74. The molecule has 0 spiro atoms.